The van der Waals surface area contributed by atoms with Crippen molar-refractivity contribution in [3.8, 4) is 0 Å². The van der Waals surface area contributed by atoms with Crippen LogP contribution in [0.2, 0.25) is 0 Å². The fraction of sp³-hybridized carbons (Fsp3) is 0.517. The number of aliphatic hydroxyl groups is 1. The highest BCUT2D eigenvalue weighted by atomic mass is 35.5. The number of carbonyl (C=O) groups is 2. The molecule has 0 aliphatic carbocycles. The second-order valence-corrected chi connectivity index (χ2v) is 9.37. The molecule has 0 fully saturated rings. The topological polar surface area (TPSA) is 69.6 Å². The molecule has 0 bridgehead atoms. The van der Waals surface area contributed by atoms with E-state index in [-0.39, 0.29) is 24.4 Å². The highest BCUT2D eigenvalue weighted by molar-refractivity contribution is 6.30. The van der Waals surface area contributed by atoms with Gasteiger partial charge in [0.15, 0.2) is 0 Å². The summed E-state index contributed by atoms with van der Waals surface area (Å²) in [4.78, 5) is 26.2. The van der Waals surface area contributed by atoms with Gasteiger partial charge in [0, 0.05) is 24.9 Å². The molecule has 0 radical (unpaired) electrons. The van der Waals surface area contributed by atoms with Crippen molar-refractivity contribution in [2.75, 3.05) is 7.05 Å². The van der Waals surface area contributed by atoms with E-state index in [1.54, 1.807) is 43.2 Å². The van der Waals surface area contributed by atoms with Crippen LogP contribution < -0.4 is 5.32 Å². The Kier molecular flexibility index (Phi) is 19.8. The van der Waals surface area contributed by atoms with E-state index in [9.17, 15) is 14.7 Å². The molecule has 0 aliphatic rings. The Hall–Kier alpha value is -2.37. The minimum atomic E-state index is -0.830. The number of carbonyl (C=O) groups excluding carboxylic acids is 2. The van der Waals surface area contributed by atoms with Gasteiger partial charge < -0.3 is 15.3 Å². The van der Waals surface area contributed by atoms with Crippen LogP contribution in [0.3, 0.4) is 0 Å². The van der Waals surface area contributed by atoms with E-state index in [2.05, 4.69) is 31.6 Å². The van der Waals surface area contributed by atoms with Crippen LogP contribution in [-0.2, 0) is 9.59 Å². The van der Waals surface area contributed by atoms with Crippen LogP contribution >= 0.6 is 11.6 Å². The van der Waals surface area contributed by atoms with Crippen molar-refractivity contribution in [1.82, 2.24) is 10.2 Å². The van der Waals surface area contributed by atoms with Crippen molar-refractivity contribution in [2.24, 2.45) is 0 Å². The zero-order valence-corrected chi connectivity index (χ0v) is 23.3. The normalized spacial score (nSPS) is 13.6. The van der Waals surface area contributed by atoms with Gasteiger partial charge in [-0.15, -0.1) is 0 Å². The zero-order valence-electron chi connectivity index (χ0n) is 22.5. The minimum absolute atomic E-state index is 0.0802. The third kappa shape index (κ3) is 19.6. The summed E-state index contributed by atoms with van der Waals surface area (Å²) in [6, 6.07) is 0. The van der Waals surface area contributed by atoms with Crippen LogP contribution in [0.25, 0.3) is 0 Å². The summed E-state index contributed by atoms with van der Waals surface area (Å²) < 4.78 is 0. The van der Waals surface area contributed by atoms with Crippen LogP contribution in [0.15, 0.2) is 72.9 Å². The van der Waals surface area contributed by atoms with Crippen LogP contribution in [0.5, 0.6) is 0 Å². The lowest BCUT2D eigenvalue weighted by Crippen LogP contribution is -2.48. The number of rotatable bonds is 16. The van der Waals surface area contributed by atoms with Crippen molar-refractivity contribution < 1.29 is 14.7 Å². The van der Waals surface area contributed by atoms with E-state index in [1.807, 2.05) is 26.8 Å². The van der Waals surface area contributed by atoms with Crippen LogP contribution in [0, 0.1) is 0 Å². The van der Waals surface area contributed by atoms with Crippen molar-refractivity contribution in [2.45, 2.75) is 90.8 Å². The van der Waals surface area contributed by atoms with Gasteiger partial charge in [-0.25, -0.2) is 0 Å². The van der Waals surface area contributed by atoms with Crippen molar-refractivity contribution in [3.05, 3.63) is 72.9 Å². The first-order valence-corrected chi connectivity index (χ1v) is 12.6. The molecule has 0 aromatic carbocycles. The molecular formula is C29H47ClN2O3. The molecule has 0 aliphatic heterocycles. The predicted molar refractivity (Wildman–Crippen MR) is 151 cm³/mol. The molecule has 198 valence electrons. The Morgan fingerprint density at radius 1 is 1.11 bits per heavy atom. The van der Waals surface area contributed by atoms with Crippen LogP contribution in [0.4, 0.5) is 0 Å². The highest BCUT2D eigenvalue weighted by Crippen LogP contribution is 2.19. The second kappa shape index (κ2) is 19.9. The number of nitrogens with zero attached hydrogens (tertiary/aromatic N) is 1. The summed E-state index contributed by atoms with van der Waals surface area (Å²) in [5, 5.41) is 13.6. The second-order valence-electron chi connectivity index (χ2n) is 8.89. The quantitative estimate of drug-likeness (QED) is 0.175. The molecule has 5 nitrogen and oxygen atoms in total. The maximum atomic E-state index is 12.4. The Morgan fingerprint density at radius 3 is 2.20 bits per heavy atom. The Balaban J connectivity index is 0. The number of halogens is 1. The third-order valence-corrected chi connectivity index (χ3v) is 5.47. The number of hydrogen-bond donors (Lipinski definition) is 2. The van der Waals surface area contributed by atoms with Gasteiger partial charge in [0.25, 0.3) is 0 Å². The predicted octanol–water partition coefficient (Wildman–Crippen LogP) is 6.97. The molecule has 0 aromatic heterocycles. The number of nitrogens with one attached hydrogen (secondary N) is 1. The molecule has 0 spiro atoms. The van der Waals surface area contributed by atoms with Gasteiger partial charge in [-0.3, -0.25) is 9.59 Å². The number of hydrogen-bond acceptors (Lipinski definition) is 3. The minimum Gasteiger partial charge on any atom is -0.390 e. The number of allylic oxidation sites excluding steroid dienone is 8. The summed E-state index contributed by atoms with van der Waals surface area (Å²) in [7, 11) is 1.69. The molecule has 35 heavy (non-hydrogen) atoms. The molecule has 2 atom stereocenters. The standard InChI is InChI=1S/C22H37ClN2O3.C7H10/c1-7-15-22(5,28)16-14-21(27)25(6)19(8-2)24-20(26)11-9-10-17(3)12-13-18(4)23;1-4-6-7(3)5-2/h12-13,19,28H,3-4,7-11,14-16H2,1-2,5-6H3,(H,24,26);4-6H,1-2H2,3H3/b13-12-;7-6-. The molecule has 0 saturated heterocycles. The van der Waals surface area contributed by atoms with Gasteiger partial charge in [-0.1, -0.05) is 93.6 Å². The fourth-order valence-corrected chi connectivity index (χ4v) is 3.21. The average Bonchev–Trinajstić information content (AvgIpc) is 2.79. The summed E-state index contributed by atoms with van der Waals surface area (Å²) >= 11 is 5.67. The Labute approximate surface area is 219 Å². The Morgan fingerprint density at radius 2 is 1.74 bits per heavy atom. The highest BCUT2D eigenvalue weighted by Gasteiger charge is 2.24. The van der Waals surface area contributed by atoms with Crippen LogP contribution in [-0.4, -0.2) is 40.6 Å². The average molecular weight is 507 g/mol. The summed E-state index contributed by atoms with van der Waals surface area (Å²) in [6.07, 6.45) is 13.1. The zero-order chi connectivity index (χ0) is 27.4. The molecule has 0 saturated carbocycles. The molecule has 2 unspecified atom stereocenters. The summed E-state index contributed by atoms with van der Waals surface area (Å²) in [5.74, 6) is -0.175. The van der Waals surface area contributed by atoms with E-state index in [1.165, 1.54) is 0 Å². The lowest BCUT2D eigenvalue weighted by molar-refractivity contribution is -0.135. The van der Waals surface area contributed by atoms with Crippen molar-refractivity contribution in [1.29, 1.82) is 0 Å². The molecule has 0 rings (SSSR count). The first-order chi connectivity index (χ1) is 16.3. The fourth-order valence-electron chi connectivity index (χ4n) is 3.14. The van der Waals surface area contributed by atoms with E-state index >= 15 is 0 Å². The lowest BCUT2D eigenvalue weighted by Gasteiger charge is -2.30. The third-order valence-electron chi connectivity index (χ3n) is 5.35. The number of amides is 2. The van der Waals surface area contributed by atoms with Gasteiger partial charge in [-0.2, -0.15) is 0 Å². The summed E-state index contributed by atoms with van der Waals surface area (Å²) in [6.45, 7) is 22.2. The van der Waals surface area contributed by atoms with Gasteiger partial charge >= 0.3 is 0 Å². The smallest absolute Gasteiger partial charge is 0.224 e. The largest absolute Gasteiger partial charge is 0.390 e. The first kappa shape index (κ1) is 34.8. The maximum Gasteiger partial charge on any atom is 0.224 e. The SMILES string of the molecule is C=C(Cl)/C=C\C(=C)CCCC(=O)NC(CC)N(C)C(=O)CCC(C)(O)CCC.C=C/C=C(/C)C=C. The van der Waals surface area contributed by atoms with E-state index in [4.69, 9.17) is 11.6 Å². The molecule has 0 heterocycles. The molecule has 6 heteroatoms. The monoisotopic (exact) mass is 506 g/mol. The van der Waals surface area contributed by atoms with Gasteiger partial charge in [0.1, 0.15) is 6.17 Å². The van der Waals surface area contributed by atoms with Crippen molar-refractivity contribution in [3.63, 3.8) is 0 Å². The van der Waals surface area contributed by atoms with E-state index in [0.29, 0.717) is 43.6 Å². The van der Waals surface area contributed by atoms with Crippen LogP contribution in [0.1, 0.15) is 79.1 Å². The van der Waals surface area contributed by atoms with Gasteiger partial charge in [0.2, 0.25) is 11.8 Å². The summed E-state index contributed by atoms with van der Waals surface area (Å²) in [5.41, 5.74) is 1.20. The molecule has 2 amide bonds. The Bertz CT molecular complexity index is 766. The molecular weight excluding hydrogens is 460 g/mol. The first-order valence-electron chi connectivity index (χ1n) is 12.2. The maximum absolute atomic E-state index is 12.4. The molecule has 0 aromatic rings. The van der Waals surface area contributed by atoms with E-state index in [0.717, 1.165) is 17.6 Å². The van der Waals surface area contributed by atoms with Gasteiger partial charge in [-0.05, 0) is 52.0 Å². The van der Waals surface area contributed by atoms with E-state index < -0.39 is 5.60 Å². The van der Waals surface area contributed by atoms with Crippen molar-refractivity contribution >= 4 is 23.4 Å². The van der Waals surface area contributed by atoms with Gasteiger partial charge in [0.05, 0.1) is 5.60 Å². The molecule has 2 N–H and O–H groups in total. The lowest BCUT2D eigenvalue weighted by atomic mass is 9.94.